The van der Waals surface area contributed by atoms with Gasteiger partial charge in [0.05, 0.1) is 27.2 Å². The summed E-state index contributed by atoms with van der Waals surface area (Å²) in [6, 6.07) is 4.09. The summed E-state index contributed by atoms with van der Waals surface area (Å²) >= 11 is 11.5. The molecular weight excluding hydrogens is 299 g/mol. The van der Waals surface area contributed by atoms with Crippen molar-refractivity contribution in [2.75, 3.05) is 0 Å². The zero-order valence-corrected chi connectivity index (χ0v) is 11.3. The van der Waals surface area contributed by atoms with E-state index in [1.165, 1.54) is 30.9 Å². The zero-order chi connectivity index (χ0) is 13.2. The number of oxazole rings is 1. The number of nitrogens with zero attached hydrogens (tertiary/aromatic N) is 1. The molecule has 0 aliphatic heterocycles. The topological polar surface area (TPSA) is 72.2 Å². The molecular formula is C10H8Cl2N2O3S. The molecule has 1 aromatic carbocycles. The third kappa shape index (κ3) is 3.02. The van der Waals surface area contributed by atoms with Gasteiger partial charge < -0.3 is 4.42 Å². The number of hydrogen-bond donors (Lipinski definition) is 1. The van der Waals surface area contributed by atoms with Crippen molar-refractivity contribution >= 4 is 33.2 Å². The Labute approximate surface area is 114 Å². The molecule has 96 valence electrons. The Hall–Kier alpha value is -1.08. The van der Waals surface area contributed by atoms with Gasteiger partial charge in [-0.15, -0.1) is 0 Å². The predicted octanol–water partition coefficient (Wildman–Crippen LogP) is 2.46. The van der Waals surface area contributed by atoms with Gasteiger partial charge in [0.25, 0.3) is 0 Å². The lowest BCUT2D eigenvalue weighted by Gasteiger charge is -2.06. The molecule has 1 aromatic heterocycles. The molecule has 0 fully saturated rings. The lowest BCUT2D eigenvalue weighted by Crippen LogP contribution is -2.23. The zero-order valence-electron chi connectivity index (χ0n) is 8.93. The number of nitrogens with one attached hydrogen (secondary N) is 1. The normalized spacial score (nSPS) is 11.7. The van der Waals surface area contributed by atoms with Crippen LogP contribution in [0.2, 0.25) is 10.0 Å². The number of hydrogen-bond acceptors (Lipinski definition) is 4. The van der Waals surface area contributed by atoms with E-state index in [1.807, 2.05) is 0 Å². The van der Waals surface area contributed by atoms with Gasteiger partial charge in [-0.25, -0.2) is 18.1 Å². The van der Waals surface area contributed by atoms with Crippen LogP contribution in [0.25, 0.3) is 0 Å². The highest BCUT2D eigenvalue weighted by atomic mass is 35.5. The van der Waals surface area contributed by atoms with Crippen molar-refractivity contribution in [3.63, 3.8) is 0 Å². The van der Waals surface area contributed by atoms with Crippen LogP contribution < -0.4 is 4.72 Å². The minimum atomic E-state index is -3.65. The molecule has 0 aliphatic carbocycles. The van der Waals surface area contributed by atoms with Crippen LogP contribution in [0.1, 0.15) is 5.69 Å². The summed E-state index contributed by atoms with van der Waals surface area (Å²) in [4.78, 5) is 3.85. The fourth-order valence-electron chi connectivity index (χ4n) is 1.22. The van der Waals surface area contributed by atoms with E-state index in [1.54, 1.807) is 0 Å². The molecule has 0 radical (unpaired) electrons. The van der Waals surface area contributed by atoms with E-state index in [4.69, 9.17) is 27.6 Å². The summed E-state index contributed by atoms with van der Waals surface area (Å²) in [6.07, 6.45) is 2.58. The molecule has 0 spiro atoms. The third-order valence-electron chi connectivity index (χ3n) is 2.13. The molecule has 2 rings (SSSR count). The molecule has 2 aromatic rings. The molecule has 0 saturated carbocycles. The predicted molar refractivity (Wildman–Crippen MR) is 67.0 cm³/mol. The fourth-order valence-corrected chi connectivity index (χ4v) is 2.61. The molecule has 0 amide bonds. The number of benzene rings is 1. The molecule has 0 aliphatic rings. The standard InChI is InChI=1S/C10H8Cl2N2O3S/c11-9-2-1-8(3-10(9)12)18(15,16)14-4-7-5-17-6-13-7/h1-3,5-6,14H,4H2. The Kier molecular flexibility index (Phi) is 3.91. The molecule has 18 heavy (non-hydrogen) atoms. The van der Waals surface area contributed by atoms with Crippen molar-refractivity contribution < 1.29 is 12.8 Å². The van der Waals surface area contributed by atoms with Gasteiger partial charge in [0.2, 0.25) is 10.0 Å². The van der Waals surface area contributed by atoms with Crippen molar-refractivity contribution in [1.29, 1.82) is 0 Å². The Morgan fingerprint density at radius 3 is 2.67 bits per heavy atom. The molecule has 8 heteroatoms. The summed E-state index contributed by atoms with van der Waals surface area (Å²) in [5.74, 6) is 0. The van der Waals surface area contributed by atoms with Crippen LogP contribution in [0.5, 0.6) is 0 Å². The van der Waals surface area contributed by atoms with Crippen LogP contribution in [-0.2, 0) is 16.6 Å². The van der Waals surface area contributed by atoms with Crippen LogP contribution in [0, 0.1) is 0 Å². The van der Waals surface area contributed by atoms with E-state index in [9.17, 15) is 8.42 Å². The highest BCUT2D eigenvalue weighted by molar-refractivity contribution is 7.89. The van der Waals surface area contributed by atoms with Crippen molar-refractivity contribution in [1.82, 2.24) is 9.71 Å². The minimum absolute atomic E-state index is 0.0408. The average molecular weight is 307 g/mol. The van der Waals surface area contributed by atoms with Crippen LogP contribution in [-0.4, -0.2) is 13.4 Å². The second kappa shape index (κ2) is 5.27. The maximum atomic E-state index is 11.9. The fraction of sp³-hybridized carbons (Fsp3) is 0.100. The second-order valence-corrected chi connectivity index (χ2v) is 5.96. The smallest absolute Gasteiger partial charge is 0.240 e. The summed E-state index contributed by atoms with van der Waals surface area (Å²) < 4.78 is 30.9. The van der Waals surface area contributed by atoms with Gasteiger partial charge in [0, 0.05) is 0 Å². The lowest BCUT2D eigenvalue weighted by molar-refractivity contribution is 0.555. The van der Waals surface area contributed by atoms with Gasteiger partial charge in [-0.3, -0.25) is 0 Å². The first-order valence-corrected chi connectivity index (χ1v) is 7.05. The highest BCUT2D eigenvalue weighted by Crippen LogP contribution is 2.24. The largest absolute Gasteiger partial charge is 0.451 e. The second-order valence-electron chi connectivity index (χ2n) is 3.38. The van der Waals surface area contributed by atoms with E-state index in [0.717, 1.165) is 0 Å². The minimum Gasteiger partial charge on any atom is -0.451 e. The number of sulfonamides is 1. The average Bonchev–Trinajstić information content (AvgIpc) is 2.83. The Balaban J connectivity index is 2.17. The molecule has 5 nitrogen and oxygen atoms in total. The quantitative estimate of drug-likeness (QED) is 0.942. The SMILES string of the molecule is O=S(=O)(NCc1cocn1)c1ccc(Cl)c(Cl)c1. The maximum absolute atomic E-state index is 11.9. The summed E-state index contributed by atoms with van der Waals surface area (Å²) in [7, 11) is -3.65. The summed E-state index contributed by atoms with van der Waals surface area (Å²) in [5, 5.41) is 0.480. The van der Waals surface area contributed by atoms with Gasteiger partial charge in [-0.05, 0) is 18.2 Å². The van der Waals surface area contributed by atoms with E-state index >= 15 is 0 Å². The molecule has 0 bridgehead atoms. The Bertz CT molecular complexity index is 641. The van der Waals surface area contributed by atoms with Gasteiger partial charge in [-0.1, -0.05) is 23.2 Å². The number of aromatic nitrogens is 1. The van der Waals surface area contributed by atoms with Crippen LogP contribution in [0.15, 0.2) is 40.2 Å². The third-order valence-corrected chi connectivity index (χ3v) is 4.27. The molecule has 1 heterocycles. The first kappa shape index (κ1) is 13.4. The molecule has 0 unspecified atom stereocenters. The number of rotatable bonds is 4. The molecule has 1 N–H and O–H groups in total. The van der Waals surface area contributed by atoms with E-state index in [-0.39, 0.29) is 16.5 Å². The van der Waals surface area contributed by atoms with Gasteiger partial charge in [0.15, 0.2) is 6.39 Å². The monoisotopic (exact) mass is 306 g/mol. The van der Waals surface area contributed by atoms with Crippen LogP contribution in [0.4, 0.5) is 0 Å². The van der Waals surface area contributed by atoms with Gasteiger partial charge >= 0.3 is 0 Å². The Morgan fingerprint density at radius 2 is 2.06 bits per heavy atom. The molecule has 0 atom stereocenters. The first-order chi connectivity index (χ1) is 8.49. The van der Waals surface area contributed by atoms with Crippen molar-refractivity contribution in [2.45, 2.75) is 11.4 Å². The van der Waals surface area contributed by atoms with Crippen LogP contribution >= 0.6 is 23.2 Å². The molecule has 0 saturated heterocycles. The van der Waals surface area contributed by atoms with E-state index in [2.05, 4.69) is 9.71 Å². The van der Waals surface area contributed by atoms with Crippen molar-refractivity contribution in [3.05, 3.63) is 46.6 Å². The van der Waals surface area contributed by atoms with Crippen LogP contribution in [0.3, 0.4) is 0 Å². The number of halogens is 2. The van der Waals surface area contributed by atoms with E-state index < -0.39 is 10.0 Å². The first-order valence-electron chi connectivity index (χ1n) is 4.81. The lowest BCUT2D eigenvalue weighted by atomic mass is 10.4. The maximum Gasteiger partial charge on any atom is 0.240 e. The summed E-state index contributed by atoms with van der Waals surface area (Å²) in [6.45, 7) is 0.0408. The Morgan fingerprint density at radius 1 is 1.28 bits per heavy atom. The van der Waals surface area contributed by atoms with Crippen molar-refractivity contribution in [3.8, 4) is 0 Å². The van der Waals surface area contributed by atoms with Crippen molar-refractivity contribution in [2.24, 2.45) is 0 Å². The van der Waals surface area contributed by atoms with Gasteiger partial charge in [0.1, 0.15) is 6.26 Å². The van der Waals surface area contributed by atoms with E-state index in [0.29, 0.717) is 10.7 Å². The highest BCUT2D eigenvalue weighted by Gasteiger charge is 2.15. The summed E-state index contributed by atoms with van der Waals surface area (Å²) in [5.41, 5.74) is 0.485. The van der Waals surface area contributed by atoms with Gasteiger partial charge in [-0.2, -0.15) is 0 Å².